The summed E-state index contributed by atoms with van der Waals surface area (Å²) >= 11 is 0.893. The van der Waals surface area contributed by atoms with Gasteiger partial charge in [-0.05, 0) is 29.7 Å². The third-order valence-corrected chi connectivity index (χ3v) is 4.73. The summed E-state index contributed by atoms with van der Waals surface area (Å²) in [6.45, 7) is 0. The number of benzene rings is 1. The number of rotatable bonds is 3. The van der Waals surface area contributed by atoms with E-state index in [1.165, 1.54) is 18.2 Å². The van der Waals surface area contributed by atoms with Gasteiger partial charge in [0, 0.05) is 18.5 Å². The molecule has 0 spiro atoms. The molecule has 0 fully saturated rings. The standard InChI is InChI=1S/C16H10F3N3O5S/c1-21-10(16(17,18)19)6-11(23)22(15(21)26)7-3-4-9-8(5-7)12(20-28-9)13(24)14(25)27-2/h3-6H,1-2H3. The Morgan fingerprint density at radius 2 is 1.86 bits per heavy atom. The van der Waals surface area contributed by atoms with Crippen LogP contribution in [-0.4, -0.2) is 32.4 Å². The number of alkyl halides is 3. The first-order valence-electron chi connectivity index (χ1n) is 7.49. The summed E-state index contributed by atoms with van der Waals surface area (Å²) in [4.78, 5) is 48.1. The van der Waals surface area contributed by atoms with E-state index in [2.05, 4.69) is 9.11 Å². The van der Waals surface area contributed by atoms with Gasteiger partial charge >= 0.3 is 17.8 Å². The van der Waals surface area contributed by atoms with Gasteiger partial charge in [0.15, 0.2) is 0 Å². The lowest BCUT2D eigenvalue weighted by atomic mass is 10.1. The summed E-state index contributed by atoms with van der Waals surface area (Å²) < 4.78 is 48.4. The molecule has 0 unspecified atom stereocenters. The molecule has 0 atom stereocenters. The third kappa shape index (κ3) is 3.11. The predicted octanol–water partition coefficient (Wildman–Crippen LogP) is 1.52. The number of aromatic nitrogens is 3. The first kappa shape index (κ1) is 19.5. The first-order chi connectivity index (χ1) is 13.1. The summed E-state index contributed by atoms with van der Waals surface area (Å²) in [7, 11) is 1.91. The van der Waals surface area contributed by atoms with Gasteiger partial charge in [0.2, 0.25) is 0 Å². The van der Waals surface area contributed by atoms with Gasteiger partial charge in [0.1, 0.15) is 11.4 Å². The fourth-order valence-corrected chi connectivity index (χ4v) is 3.31. The fraction of sp³-hybridized carbons (Fsp3) is 0.188. The number of ether oxygens (including phenoxy) is 1. The van der Waals surface area contributed by atoms with Crippen LogP contribution >= 0.6 is 11.5 Å². The lowest BCUT2D eigenvalue weighted by molar-refractivity contribution is -0.144. The molecular weight excluding hydrogens is 403 g/mol. The molecule has 0 saturated carbocycles. The average molecular weight is 413 g/mol. The maximum Gasteiger partial charge on any atom is 0.431 e. The maximum atomic E-state index is 13.0. The largest absolute Gasteiger partial charge is 0.463 e. The van der Waals surface area contributed by atoms with Crippen LogP contribution in [0, 0.1) is 0 Å². The molecule has 0 aliphatic carbocycles. The summed E-state index contributed by atoms with van der Waals surface area (Å²) in [6, 6.07) is 4.28. The molecule has 146 valence electrons. The van der Waals surface area contributed by atoms with Gasteiger partial charge in [0.25, 0.3) is 11.3 Å². The smallest absolute Gasteiger partial charge is 0.431 e. The number of ketones is 1. The van der Waals surface area contributed by atoms with Crippen molar-refractivity contribution in [1.82, 2.24) is 13.5 Å². The highest BCUT2D eigenvalue weighted by molar-refractivity contribution is 7.13. The van der Waals surface area contributed by atoms with E-state index in [1.54, 1.807) is 0 Å². The Morgan fingerprint density at radius 3 is 2.46 bits per heavy atom. The number of carbonyl (C=O) groups is 2. The third-order valence-electron chi connectivity index (χ3n) is 3.91. The minimum atomic E-state index is -4.88. The molecule has 12 heteroatoms. The molecule has 3 rings (SSSR count). The van der Waals surface area contributed by atoms with E-state index < -0.39 is 34.9 Å². The number of nitrogens with zero attached hydrogens (tertiary/aromatic N) is 3. The predicted molar refractivity (Wildman–Crippen MR) is 91.8 cm³/mol. The van der Waals surface area contributed by atoms with E-state index in [1.807, 2.05) is 0 Å². The van der Waals surface area contributed by atoms with Crippen LogP contribution in [0.3, 0.4) is 0 Å². The van der Waals surface area contributed by atoms with Gasteiger partial charge < -0.3 is 4.74 Å². The monoisotopic (exact) mass is 413 g/mol. The molecule has 0 radical (unpaired) electrons. The number of hydrogen-bond acceptors (Lipinski definition) is 7. The van der Waals surface area contributed by atoms with E-state index >= 15 is 0 Å². The van der Waals surface area contributed by atoms with Crippen molar-refractivity contribution in [3.63, 3.8) is 0 Å². The van der Waals surface area contributed by atoms with Crippen LogP contribution in [0.15, 0.2) is 33.9 Å². The SMILES string of the molecule is COC(=O)C(=O)c1nsc2ccc(-n3c(=O)cc(C(F)(F)F)n(C)c3=O)cc12. The van der Waals surface area contributed by atoms with Gasteiger partial charge in [-0.15, -0.1) is 0 Å². The highest BCUT2D eigenvalue weighted by Crippen LogP contribution is 2.28. The van der Waals surface area contributed by atoms with Crippen LogP contribution in [0.4, 0.5) is 13.2 Å². The van der Waals surface area contributed by atoms with E-state index in [9.17, 15) is 32.3 Å². The Kier molecular flexibility index (Phi) is 4.67. The van der Waals surface area contributed by atoms with Crippen molar-refractivity contribution in [1.29, 1.82) is 0 Å². The Hall–Kier alpha value is -3.28. The molecule has 28 heavy (non-hydrogen) atoms. The van der Waals surface area contributed by atoms with Crippen molar-refractivity contribution >= 4 is 33.4 Å². The number of Topliss-reactive ketones (excluding diaryl/α,β-unsaturated/α-hetero) is 1. The summed E-state index contributed by atoms with van der Waals surface area (Å²) in [5, 5.41) is 0.159. The topological polar surface area (TPSA) is 100 Å². The van der Waals surface area contributed by atoms with Crippen molar-refractivity contribution in [2.45, 2.75) is 6.18 Å². The molecule has 1 aromatic carbocycles. The number of esters is 1. The minimum Gasteiger partial charge on any atom is -0.463 e. The molecule has 0 aliphatic heterocycles. The van der Waals surface area contributed by atoms with Crippen molar-refractivity contribution < 1.29 is 27.5 Å². The van der Waals surface area contributed by atoms with Gasteiger partial charge in [-0.2, -0.15) is 17.5 Å². The Morgan fingerprint density at radius 1 is 1.18 bits per heavy atom. The molecular formula is C16H10F3N3O5S. The number of fused-ring (bicyclic) bond motifs is 1. The van der Waals surface area contributed by atoms with Gasteiger partial charge in [-0.3, -0.25) is 14.2 Å². The zero-order valence-corrected chi connectivity index (χ0v) is 15.1. The molecule has 2 aromatic heterocycles. The maximum absolute atomic E-state index is 13.0. The lowest BCUT2D eigenvalue weighted by Crippen LogP contribution is -2.40. The molecule has 3 aromatic rings. The molecule has 8 nitrogen and oxygen atoms in total. The second kappa shape index (κ2) is 6.71. The van der Waals surface area contributed by atoms with Crippen molar-refractivity contribution in [2.75, 3.05) is 7.11 Å². The number of methoxy groups -OCH3 is 1. The van der Waals surface area contributed by atoms with Crippen LogP contribution in [0.5, 0.6) is 0 Å². The normalized spacial score (nSPS) is 11.6. The van der Waals surface area contributed by atoms with E-state index in [-0.39, 0.29) is 16.8 Å². The fourth-order valence-electron chi connectivity index (χ4n) is 2.55. The number of halogens is 3. The second-order valence-corrected chi connectivity index (χ2v) is 6.38. The molecule has 0 bridgehead atoms. The van der Waals surface area contributed by atoms with Gasteiger partial charge in [0.05, 0.1) is 17.5 Å². The number of carbonyl (C=O) groups excluding carboxylic acids is 2. The zero-order valence-electron chi connectivity index (χ0n) is 14.2. The zero-order chi connectivity index (χ0) is 20.8. The van der Waals surface area contributed by atoms with Crippen LogP contribution in [-0.2, 0) is 22.8 Å². The van der Waals surface area contributed by atoms with Gasteiger partial charge in [-0.25, -0.2) is 14.2 Å². The molecule has 0 saturated heterocycles. The van der Waals surface area contributed by atoms with E-state index in [0.717, 1.165) is 25.7 Å². The minimum absolute atomic E-state index is 0.0778. The van der Waals surface area contributed by atoms with E-state index in [0.29, 0.717) is 19.9 Å². The van der Waals surface area contributed by atoms with Crippen molar-refractivity contribution in [3.05, 3.63) is 56.5 Å². The second-order valence-electron chi connectivity index (χ2n) is 5.57. The lowest BCUT2D eigenvalue weighted by Gasteiger charge is -2.14. The van der Waals surface area contributed by atoms with E-state index in [4.69, 9.17) is 0 Å². The first-order valence-corrected chi connectivity index (χ1v) is 8.26. The quantitative estimate of drug-likeness (QED) is 0.367. The number of hydrogen-bond donors (Lipinski definition) is 0. The van der Waals surface area contributed by atoms with Crippen molar-refractivity contribution in [3.8, 4) is 5.69 Å². The average Bonchev–Trinajstić information content (AvgIpc) is 3.05. The summed E-state index contributed by atoms with van der Waals surface area (Å²) in [6.07, 6.45) is -4.88. The van der Waals surface area contributed by atoms with Crippen LogP contribution < -0.4 is 11.2 Å². The van der Waals surface area contributed by atoms with Crippen LogP contribution in [0.25, 0.3) is 15.8 Å². The Labute approximate surface area is 157 Å². The highest BCUT2D eigenvalue weighted by Gasteiger charge is 2.35. The molecule has 0 amide bonds. The summed E-state index contributed by atoms with van der Waals surface area (Å²) in [5.74, 6) is -2.18. The van der Waals surface area contributed by atoms with Crippen LogP contribution in [0.1, 0.15) is 16.2 Å². The van der Waals surface area contributed by atoms with Crippen molar-refractivity contribution in [2.24, 2.45) is 7.05 Å². The molecule has 0 aliphatic rings. The molecule has 0 N–H and O–H groups in total. The Balaban J connectivity index is 2.25. The van der Waals surface area contributed by atoms with Crippen LogP contribution in [0.2, 0.25) is 0 Å². The highest BCUT2D eigenvalue weighted by atomic mass is 32.1. The Bertz CT molecular complexity index is 1240. The summed E-state index contributed by atoms with van der Waals surface area (Å²) in [5.41, 5.74) is -4.13. The van der Waals surface area contributed by atoms with Gasteiger partial charge in [-0.1, -0.05) is 0 Å². The molecule has 2 heterocycles.